The second-order valence-corrected chi connectivity index (χ2v) is 3.52. The predicted octanol–water partition coefficient (Wildman–Crippen LogP) is 0.801. The SMILES string of the molecule is COC(=O)CC(CCCC[N+](=O)[O-])OC.COC=O. The van der Waals surface area contributed by atoms with Crippen molar-refractivity contribution < 1.29 is 28.7 Å². The first-order valence-corrected chi connectivity index (χ1v) is 5.69. The van der Waals surface area contributed by atoms with Crippen LogP contribution in [0.15, 0.2) is 0 Å². The van der Waals surface area contributed by atoms with Gasteiger partial charge < -0.3 is 14.2 Å². The molecule has 0 saturated carbocycles. The zero-order valence-electron chi connectivity index (χ0n) is 11.5. The van der Waals surface area contributed by atoms with Crippen LogP contribution in [0.1, 0.15) is 25.7 Å². The van der Waals surface area contributed by atoms with Gasteiger partial charge in [0.1, 0.15) is 0 Å². The number of rotatable bonds is 9. The fourth-order valence-electron chi connectivity index (χ4n) is 1.19. The lowest BCUT2D eigenvalue weighted by Crippen LogP contribution is -2.17. The van der Waals surface area contributed by atoms with Crippen LogP contribution >= 0.6 is 0 Å². The third-order valence-corrected chi connectivity index (χ3v) is 2.17. The Hall–Kier alpha value is -1.70. The molecule has 8 nitrogen and oxygen atoms in total. The van der Waals surface area contributed by atoms with E-state index >= 15 is 0 Å². The second-order valence-electron chi connectivity index (χ2n) is 3.52. The largest absolute Gasteiger partial charge is 0.471 e. The monoisotopic (exact) mass is 279 g/mol. The molecule has 0 aliphatic rings. The molecule has 0 N–H and O–H groups in total. The summed E-state index contributed by atoms with van der Waals surface area (Å²) in [7, 11) is 4.15. The minimum absolute atomic E-state index is 0.0331. The molecule has 0 spiro atoms. The number of carbonyl (C=O) groups is 2. The first-order valence-electron chi connectivity index (χ1n) is 5.69. The van der Waals surface area contributed by atoms with Gasteiger partial charge in [-0.2, -0.15) is 0 Å². The molecule has 0 bridgehead atoms. The summed E-state index contributed by atoms with van der Waals surface area (Å²) in [6.07, 6.45) is 1.82. The molecule has 0 aliphatic carbocycles. The summed E-state index contributed by atoms with van der Waals surface area (Å²) in [5.41, 5.74) is 0. The molecule has 0 radical (unpaired) electrons. The first-order chi connectivity index (χ1) is 9.01. The highest BCUT2D eigenvalue weighted by atomic mass is 16.6. The van der Waals surface area contributed by atoms with Crippen LogP contribution in [-0.4, -0.2) is 51.3 Å². The van der Waals surface area contributed by atoms with E-state index in [4.69, 9.17) is 9.53 Å². The quantitative estimate of drug-likeness (QED) is 0.202. The third kappa shape index (κ3) is 16.3. The van der Waals surface area contributed by atoms with Crippen LogP contribution in [0.4, 0.5) is 0 Å². The van der Waals surface area contributed by atoms with Gasteiger partial charge in [-0.15, -0.1) is 0 Å². The standard InChI is InChI=1S/C9H17NO5.C2H4O2/c1-14-8(7-9(11)15-2)5-3-4-6-10(12)13;1-4-2-3/h8H,3-7H2,1-2H3;2H,1H3. The highest BCUT2D eigenvalue weighted by molar-refractivity contribution is 5.69. The third-order valence-electron chi connectivity index (χ3n) is 2.17. The van der Waals surface area contributed by atoms with E-state index in [-0.39, 0.29) is 30.0 Å². The van der Waals surface area contributed by atoms with Crippen LogP contribution in [0.2, 0.25) is 0 Å². The van der Waals surface area contributed by atoms with E-state index in [2.05, 4.69) is 9.47 Å². The highest BCUT2D eigenvalue weighted by Crippen LogP contribution is 2.08. The zero-order valence-corrected chi connectivity index (χ0v) is 11.5. The summed E-state index contributed by atoms with van der Waals surface area (Å²) in [6.45, 7) is 0.342. The molecule has 0 aromatic heterocycles. The van der Waals surface area contributed by atoms with E-state index in [1.165, 1.54) is 21.3 Å². The topological polar surface area (TPSA) is 105 Å². The van der Waals surface area contributed by atoms with Gasteiger partial charge in [-0.3, -0.25) is 19.7 Å². The summed E-state index contributed by atoms with van der Waals surface area (Å²) < 4.78 is 13.4. The number of hydrogen-bond acceptors (Lipinski definition) is 7. The van der Waals surface area contributed by atoms with Crippen molar-refractivity contribution in [2.24, 2.45) is 0 Å². The maximum atomic E-state index is 10.9. The van der Waals surface area contributed by atoms with Crippen LogP contribution in [-0.2, 0) is 23.8 Å². The molecule has 112 valence electrons. The van der Waals surface area contributed by atoms with Crippen LogP contribution in [0.5, 0.6) is 0 Å². The van der Waals surface area contributed by atoms with Crippen molar-refractivity contribution in [3.05, 3.63) is 10.1 Å². The minimum atomic E-state index is -0.345. The number of unbranched alkanes of at least 4 members (excludes halogenated alkanes) is 1. The molecule has 0 heterocycles. The van der Waals surface area contributed by atoms with Crippen molar-refractivity contribution in [2.75, 3.05) is 27.9 Å². The van der Waals surface area contributed by atoms with Gasteiger partial charge in [-0.05, 0) is 12.8 Å². The summed E-state index contributed by atoms with van der Waals surface area (Å²) in [5.74, 6) is -0.323. The van der Waals surface area contributed by atoms with E-state index in [9.17, 15) is 14.9 Å². The number of methoxy groups -OCH3 is 3. The lowest BCUT2D eigenvalue weighted by atomic mass is 10.1. The normalized spacial score (nSPS) is 10.7. The Morgan fingerprint density at radius 3 is 2.26 bits per heavy atom. The molecule has 1 atom stereocenters. The maximum absolute atomic E-state index is 10.9. The van der Waals surface area contributed by atoms with E-state index < -0.39 is 0 Å². The van der Waals surface area contributed by atoms with Crippen LogP contribution < -0.4 is 0 Å². The van der Waals surface area contributed by atoms with Crippen molar-refractivity contribution in [1.82, 2.24) is 0 Å². The van der Waals surface area contributed by atoms with Crippen molar-refractivity contribution in [1.29, 1.82) is 0 Å². The number of ether oxygens (including phenoxy) is 3. The summed E-state index contributed by atoms with van der Waals surface area (Å²) in [6, 6.07) is 0. The molecule has 1 unspecified atom stereocenters. The fourth-order valence-corrected chi connectivity index (χ4v) is 1.19. The van der Waals surface area contributed by atoms with Gasteiger partial charge in [0.2, 0.25) is 6.54 Å². The molecule has 8 heteroatoms. The van der Waals surface area contributed by atoms with Crippen molar-refractivity contribution in [2.45, 2.75) is 31.8 Å². The fraction of sp³-hybridized carbons (Fsp3) is 0.818. The van der Waals surface area contributed by atoms with Crippen molar-refractivity contribution in [3.8, 4) is 0 Å². The molecule has 0 aromatic carbocycles. The molecule has 0 amide bonds. The van der Waals surface area contributed by atoms with Crippen molar-refractivity contribution >= 4 is 12.4 Å². The number of carbonyl (C=O) groups excluding carboxylic acids is 2. The Bertz CT molecular complexity index is 257. The van der Waals surface area contributed by atoms with Gasteiger partial charge in [-0.25, -0.2) is 0 Å². The average molecular weight is 279 g/mol. The molecule has 19 heavy (non-hydrogen) atoms. The highest BCUT2D eigenvalue weighted by Gasteiger charge is 2.13. The Kier molecular flexibility index (Phi) is 14.8. The van der Waals surface area contributed by atoms with E-state index in [0.717, 1.165) is 0 Å². The molecular weight excluding hydrogens is 258 g/mol. The number of nitro groups is 1. The Morgan fingerprint density at radius 2 is 1.89 bits per heavy atom. The Balaban J connectivity index is 0. The van der Waals surface area contributed by atoms with Gasteiger partial charge in [0, 0.05) is 18.5 Å². The van der Waals surface area contributed by atoms with E-state index in [1.54, 1.807) is 0 Å². The molecule has 0 aliphatic heterocycles. The summed E-state index contributed by atoms with van der Waals surface area (Å²) >= 11 is 0. The Labute approximate surface area is 112 Å². The van der Waals surface area contributed by atoms with Crippen LogP contribution in [0.25, 0.3) is 0 Å². The predicted molar refractivity (Wildman–Crippen MR) is 66.2 cm³/mol. The van der Waals surface area contributed by atoms with Gasteiger partial charge in [0.25, 0.3) is 6.47 Å². The van der Waals surface area contributed by atoms with E-state index in [1.807, 2.05) is 0 Å². The summed E-state index contributed by atoms with van der Waals surface area (Å²) in [4.78, 5) is 29.6. The van der Waals surface area contributed by atoms with Gasteiger partial charge in [-0.1, -0.05) is 0 Å². The molecular formula is C11H21NO7. The number of nitrogens with zero attached hydrogens (tertiary/aromatic N) is 1. The van der Waals surface area contributed by atoms with Gasteiger partial charge in [0.05, 0.1) is 26.7 Å². The maximum Gasteiger partial charge on any atom is 0.308 e. The van der Waals surface area contributed by atoms with Gasteiger partial charge >= 0.3 is 5.97 Å². The molecule has 0 fully saturated rings. The molecule has 0 aromatic rings. The lowest BCUT2D eigenvalue weighted by molar-refractivity contribution is -0.480. The molecule has 0 saturated heterocycles. The van der Waals surface area contributed by atoms with Crippen molar-refractivity contribution in [3.63, 3.8) is 0 Å². The second kappa shape index (κ2) is 14.4. The Morgan fingerprint density at radius 1 is 1.32 bits per heavy atom. The van der Waals surface area contributed by atoms with E-state index in [0.29, 0.717) is 25.7 Å². The number of esters is 1. The smallest absolute Gasteiger partial charge is 0.308 e. The minimum Gasteiger partial charge on any atom is -0.471 e. The zero-order chi connectivity index (χ0) is 15.1. The lowest BCUT2D eigenvalue weighted by Gasteiger charge is -2.12. The van der Waals surface area contributed by atoms with Crippen LogP contribution in [0.3, 0.4) is 0 Å². The van der Waals surface area contributed by atoms with Crippen LogP contribution in [0, 0.1) is 10.1 Å². The summed E-state index contributed by atoms with van der Waals surface area (Å²) in [5, 5.41) is 10.0. The average Bonchev–Trinajstić information content (AvgIpc) is 2.41. The number of hydrogen-bond donors (Lipinski definition) is 0. The molecule has 0 rings (SSSR count). The van der Waals surface area contributed by atoms with Gasteiger partial charge in [0.15, 0.2) is 0 Å². The first kappa shape index (κ1) is 19.6.